The number of nitrogens with zero attached hydrogens (tertiary/aromatic N) is 1. The van der Waals surface area contributed by atoms with Crippen molar-refractivity contribution < 1.29 is 4.79 Å². The number of aromatic nitrogens is 1. The summed E-state index contributed by atoms with van der Waals surface area (Å²) in [6.45, 7) is 0. The van der Waals surface area contributed by atoms with Gasteiger partial charge in [-0.1, -0.05) is 18.2 Å². The quantitative estimate of drug-likeness (QED) is 0.665. The van der Waals surface area contributed by atoms with E-state index in [1.54, 1.807) is 6.07 Å². The van der Waals surface area contributed by atoms with E-state index in [9.17, 15) is 4.79 Å². The third-order valence-corrected chi connectivity index (χ3v) is 1.90. The summed E-state index contributed by atoms with van der Waals surface area (Å²) in [7, 11) is 0. The molecule has 1 heterocycles. The van der Waals surface area contributed by atoms with E-state index < -0.39 is 0 Å². The number of carbonyl (C=O) groups excluding carboxylic acids is 1. The minimum atomic E-state index is 0.304. The van der Waals surface area contributed by atoms with Gasteiger partial charge < -0.3 is 5.73 Å². The zero-order valence-electron chi connectivity index (χ0n) is 6.90. The first-order valence-corrected chi connectivity index (χ1v) is 3.91. The summed E-state index contributed by atoms with van der Waals surface area (Å²) in [5, 5.41) is 0.950. The van der Waals surface area contributed by atoms with Crippen LogP contribution in [0.2, 0.25) is 0 Å². The van der Waals surface area contributed by atoms with Gasteiger partial charge in [0.05, 0.1) is 11.2 Å². The van der Waals surface area contributed by atoms with Crippen LogP contribution in [0.1, 0.15) is 10.5 Å². The Bertz CT molecular complexity index is 465. The normalized spacial score (nSPS) is 10.2. The number of anilines is 1. The molecule has 3 nitrogen and oxygen atoms in total. The van der Waals surface area contributed by atoms with Gasteiger partial charge in [-0.05, 0) is 12.1 Å². The number of nitrogen functional groups attached to an aromatic ring is 1. The lowest BCUT2D eigenvalue weighted by Gasteiger charge is -2.00. The number of fused-ring (bicyclic) bond motifs is 1. The molecule has 2 N–H and O–H groups in total. The number of aldehydes is 1. The molecular formula is C10H8N2O. The Kier molecular flexibility index (Phi) is 1.70. The highest BCUT2D eigenvalue weighted by atomic mass is 16.1. The van der Waals surface area contributed by atoms with E-state index in [0.29, 0.717) is 17.7 Å². The lowest BCUT2D eigenvalue weighted by Crippen LogP contribution is -1.96. The van der Waals surface area contributed by atoms with E-state index in [2.05, 4.69) is 4.98 Å². The molecule has 0 unspecified atom stereocenters. The summed E-state index contributed by atoms with van der Waals surface area (Å²) in [6.07, 6.45) is 0.668. The van der Waals surface area contributed by atoms with Crippen molar-refractivity contribution in [3.63, 3.8) is 0 Å². The lowest BCUT2D eigenvalue weighted by molar-refractivity contribution is 0.112. The molecule has 0 spiro atoms. The Morgan fingerprint density at radius 2 is 2.08 bits per heavy atom. The molecule has 0 atom stereocenters. The highest BCUT2D eigenvalue weighted by Gasteiger charge is 2.01. The number of rotatable bonds is 1. The van der Waals surface area contributed by atoms with Crippen LogP contribution in [0, 0.1) is 0 Å². The molecule has 0 aliphatic carbocycles. The van der Waals surface area contributed by atoms with Gasteiger partial charge in [0.2, 0.25) is 0 Å². The molecule has 1 aromatic heterocycles. The number of pyridine rings is 1. The Morgan fingerprint density at radius 1 is 1.31 bits per heavy atom. The average Bonchev–Trinajstić information content (AvgIpc) is 2.17. The van der Waals surface area contributed by atoms with Crippen LogP contribution in [0.5, 0.6) is 0 Å². The van der Waals surface area contributed by atoms with Crippen molar-refractivity contribution >= 4 is 22.9 Å². The Morgan fingerprint density at radius 3 is 2.85 bits per heavy atom. The molecule has 2 rings (SSSR count). The van der Waals surface area contributed by atoms with Crippen molar-refractivity contribution in [2.75, 3.05) is 5.73 Å². The van der Waals surface area contributed by atoms with E-state index in [1.807, 2.05) is 24.3 Å². The van der Waals surface area contributed by atoms with Crippen LogP contribution in [0.3, 0.4) is 0 Å². The number of benzene rings is 1. The average molecular weight is 172 g/mol. The minimum absolute atomic E-state index is 0.304. The zero-order chi connectivity index (χ0) is 9.26. The second kappa shape index (κ2) is 2.86. The van der Waals surface area contributed by atoms with Gasteiger partial charge in [-0.15, -0.1) is 0 Å². The van der Waals surface area contributed by atoms with Crippen LogP contribution in [-0.4, -0.2) is 11.3 Å². The van der Waals surface area contributed by atoms with Gasteiger partial charge in [0.25, 0.3) is 0 Å². The molecule has 0 aliphatic rings. The van der Waals surface area contributed by atoms with Crippen LogP contribution in [0.4, 0.5) is 5.69 Å². The Hall–Kier alpha value is -1.90. The second-order valence-electron chi connectivity index (χ2n) is 2.77. The van der Waals surface area contributed by atoms with Gasteiger partial charge in [0, 0.05) is 5.39 Å². The molecule has 0 amide bonds. The van der Waals surface area contributed by atoms with Crippen molar-refractivity contribution in [1.82, 2.24) is 4.98 Å². The largest absolute Gasteiger partial charge is 0.397 e. The van der Waals surface area contributed by atoms with Crippen molar-refractivity contribution in [3.05, 3.63) is 36.0 Å². The highest BCUT2D eigenvalue weighted by Crippen LogP contribution is 2.16. The predicted octanol–water partition coefficient (Wildman–Crippen LogP) is 1.63. The summed E-state index contributed by atoms with van der Waals surface area (Å²) >= 11 is 0. The topological polar surface area (TPSA) is 56.0 Å². The third-order valence-electron chi connectivity index (χ3n) is 1.90. The molecule has 1 aromatic carbocycles. The van der Waals surface area contributed by atoms with E-state index >= 15 is 0 Å². The molecule has 0 radical (unpaired) electrons. The summed E-state index contributed by atoms with van der Waals surface area (Å²) in [5.41, 5.74) is 7.12. The molecule has 2 aromatic rings. The van der Waals surface area contributed by atoms with E-state index in [4.69, 9.17) is 5.73 Å². The molecular weight excluding hydrogens is 164 g/mol. The van der Waals surface area contributed by atoms with Crippen LogP contribution in [0.15, 0.2) is 30.3 Å². The molecule has 3 heteroatoms. The van der Waals surface area contributed by atoms with Gasteiger partial charge in [-0.25, -0.2) is 4.98 Å². The standard InChI is InChI=1S/C10H8N2O/c11-8-5-7-3-1-2-4-9(7)12-10(8)6-13/h1-6H,11H2. The summed E-state index contributed by atoms with van der Waals surface area (Å²) < 4.78 is 0. The number of carbonyl (C=O) groups is 1. The van der Waals surface area contributed by atoms with Crippen molar-refractivity contribution in [1.29, 1.82) is 0 Å². The fraction of sp³-hybridized carbons (Fsp3) is 0. The molecule has 0 saturated heterocycles. The molecule has 0 aliphatic heterocycles. The van der Waals surface area contributed by atoms with Gasteiger partial charge in [-0.2, -0.15) is 0 Å². The third kappa shape index (κ3) is 1.24. The zero-order valence-corrected chi connectivity index (χ0v) is 6.90. The maximum Gasteiger partial charge on any atom is 0.170 e. The van der Waals surface area contributed by atoms with Crippen molar-refractivity contribution in [2.45, 2.75) is 0 Å². The van der Waals surface area contributed by atoms with Gasteiger partial charge in [0.1, 0.15) is 5.69 Å². The minimum Gasteiger partial charge on any atom is -0.397 e. The molecule has 13 heavy (non-hydrogen) atoms. The smallest absolute Gasteiger partial charge is 0.170 e. The number of nitrogens with two attached hydrogens (primary N) is 1. The first-order chi connectivity index (χ1) is 6.31. The first-order valence-electron chi connectivity index (χ1n) is 3.91. The fourth-order valence-corrected chi connectivity index (χ4v) is 1.24. The Balaban J connectivity index is 2.81. The first kappa shape index (κ1) is 7.73. The second-order valence-corrected chi connectivity index (χ2v) is 2.77. The van der Waals surface area contributed by atoms with Crippen LogP contribution < -0.4 is 5.73 Å². The number of hydrogen-bond acceptors (Lipinski definition) is 3. The monoisotopic (exact) mass is 172 g/mol. The number of hydrogen-bond donors (Lipinski definition) is 1. The van der Waals surface area contributed by atoms with Crippen molar-refractivity contribution in [2.24, 2.45) is 0 Å². The van der Waals surface area contributed by atoms with Crippen LogP contribution in [0.25, 0.3) is 10.9 Å². The summed E-state index contributed by atoms with van der Waals surface area (Å²) in [6, 6.07) is 9.30. The maximum atomic E-state index is 10.5. The van der Waals surface area contributed by atoms with E-state index in [1.165, 1.54) is 0 Å². The van der Waals surface area contributed by atoms with Crippen LogP contribution in [-0.2, 0) is 0 Å². The molecule has 64 valence electrons. The van der Waals surface area contributed by atoms with E-state index in [0.717, 1.165) is 10.9 Å². The predicted molar refractivity (Wildman–Crippen MR) is 51.5 cm³/mol. The molecule has 0 bridgehead atoms. The van der Waals surface area contributed by atoms with Gasteiger partial charge >= 0.3 is 0 Å². The van der Waals surface area contributed by atoms with Gasteiger partial charge in [-0.3, -0.25) is 4.79 Å². The maximum absolute atomic E-state index is 10.5. The van der Waals surface area contributed by atoms with E-state index in [-0.39, 0.29) is 0 Å². The lowest BCUT2D eigenvalue weighted by atomic mass is 10.2. The van der Waals surface area contributed by atoms with Crippen LogP contribution >= 0.6 is 0 Å². The van der Waals surface area contributed by atoms with Crippen molar-refractivity contribution in [3.8, 4) is 0 Å². The Labute approximate surface area is 75.2 Å². The fourth-order valence-electron chi connectivity index (χ4n) is 1.24. The summed E-state index contributed by atoms with van der Waals surface area (Å²) in [4.78, 5) is 14.6. The summed E-state index contributed by atoms with van der Waals surface area (Å²) in [5.74, 6) is 0. The highest BCUT2D eigenvalue weighted by molar-refractivity contribution is 5.89. The SMILES string of the molecule is Nc1cc2ccccc2nc1C=O. The van der Waals surface area contributed by atoms with Gasteiger partial charge in [0.15, 0.2) is 6.29 Å². The number of para-hydroxylation sites is 1. The molecule has 0 fully saturated rings. The molecule has 0 saturated carbocycles.